The van der Waals surface area contributed by atoms with E-state index in [2.05, 4.69) is 15.2 Å². The van der Waals surface area contributed by atoms with E-state index in [9.17, 15) is 4.79 Å². The van der Waals surface area contributed by atoms with Gasteiger partial charge in [-0.1, -0.05) is 18.0 Å². The number of nitrogens with zero attached hydrogens (tertiary/aromatic N) is 6. The summed E-state index contributed by atoms with van der Waals surface area (Å²) in [6.45, 7) is 1.71. The van der Waals surface area contributed by atoms with E-state index >= 15 is 0 Å². The quantitative estimate of drug-likeness (QED) is 0.641. The van der Waals surface area contributed by atoms with Gasteiger partial charge in [-0.15, -0.1) is 0 Å². The summed E-state index contributed by atoms with van der Waals surface area (Å²) < 4.78 is 7.26. The van der Waals surface area contributed by atoms with Gasteiger partial charge in [-0.25, -0.2) is 0 Å². The van der Waals surface area contributed by atoms with Crippen LogP contribution in [-0.2, 0) is 16.8 Å². The third-order valence-electron chi connectivity index (χ3n) is 6.11. The summed E-state index contributed by atoms with van der Waals surface area (Å²) in [5.41, 5.74) is 0.716. The monoisotopic (exact) mass is 392 g/mol. The van der Waals surface area contributed by atoms with E-state index in [1.807, 2.05) is 29.3 Å². The largest absolute Gasteiger partial charge is 0.341 e. The first kappa shape index (κ1) is 18.0. The number of carbonyl (C=O) groups is 1. The first-order valence-electron chi connectivity index (χ1n) is 10.2. The van der Waals surface area contributed by atoms with Crippen molar-refractivity contribution >= 4 is 5.91 Å². The Morgan fingerprint density at radius 1 is 1.21 bits per heavy atom. The van der Waals surface area contributed by atoms with Crippen molar-refractivity contribution in [2.24, 2.45) is 5.92 Å². The molecule has 3 aromatic heterocycles. The molecule has 4 heterocycles. The van der Waals surface area contributed by atoms with Crippen LogP contribution in [0, 0.1) is 5.92 Å². The molecule has 5 rings (SSSR count). The first-order valence-corrected chi connectivity index (χ1v) is 10.2. The second-order valence-corrected chi connectivity index (χ2v) is 8.18. The Bertz CT molecular complexity index is 956. The fraction of sp³-hybridized carbons (Fsp3) is 0.476. The molecule has 1 aliphatic heterocycles. The zero-order valence-corrected chi connectivity index (χ0v) is 16.3. The van der Waals surface area contributed by atoms with E-state index < -0.39 is 0 Å². The van der Waals surface area contributed by atoms with Crippen molar-refractivity contribution in [3.8, 4) is 11.5 Å². The Balaban J connectivity index is 1.32. The lowest BCUT2D eigenvalue weighted by atomic mass is 9.73. The van der Waals surface area contributed by atoms with Crippen molar-refractivity contribution in [1.29, 1.82) is 0 Å². The van der Waals surface area contributed by atoms with Gasteiger partial charge in [-0.2, -0.15) is 10.1 Å². The van der Waals surface area contributed by atoms with Gasteiger partial charge in [0.2, 0.25) is 5.91 Å². The number of amides is 1. The second-order valence-electron chi connectivity index (χ2n) is 8.18. The van der Waals surface area contributed by atoms with Crippen LogP contribution in [0.1, 0.15) is 37.9 Å². The molecule has 1 amide bonds. The normalized spacial score (nSPS) is 18.7. The Morgan fingerprint density at radius 3 is 2.76 bits per heavy atom. The molecule has 0 aromatic carbocycles. The average Bonchev–Trinajstić information content (AvgIpc) is 3.21. The molecule has 0 spiro atoms. The molecule has 150 valence electrons. The molecule has 29 heavy (non-hydrogen) atoms. The highest BCUT2D eigenvalue weighted by Gasteiger charge is 2.44. The van der Waals surface area contributed by atoms with Gasteiger partial charge in [0, 0.05) is 43.3 Å². The molecule has 0 N–H and O–H groups in total. The molecular formula is C21H24N6O2. The van der Waals surface area contributed by atoms with Gasteiger partial charge in [0.05, 0.1) is 5.56 Å². The minimum atomic E-state index is -0.117. The summed E-state index contributed by atoms with van der Waals surface area (Å²) in [6, 6.07) is 5.62. The van der Waals surface area contributed by atoms with E-state index in [-0.39, 0.29) is 17.9 Å². The van der Waals surface area contributed by atoms with Gasteiger partial charge in [-0.05, 0) is 43.4 Å². The lowest BCUT2D eigenvalue weighted by molar-refractivity contribution is -0.133. The van der Waals surface area contributed by atoms with Crippen LogP contribution in [0.3, 0.4) is 0 Å². The molecule has 8 heteroatoms. The highest BCUT2D eigenvalue weighted by Crippen LogP contribution is 2.46. The lowest BCUT2D eigenvalue weighted by Gasteiger charge is -2.40. The number of hydrogen-bond acceptors (Lipinski definition) is 6. The van der Waals surface area contributed by atoms with Crippen LogP contribution in [0.2, 0.25) is 0 Å². The highest BCUT2D eigenvalue weighted by atomic mass is 16.5. The van der Waals surface area contributed by atoms with Crippen LogP contribution in [0.5, 0.6) is 0 Å². The van der Waals surface area contributed by atoms with Crippen LogP contribution < -0.4 is 0 Å². The maximum Gasteiger partial charge on any atom is 0.259 e. The number of hydrogen-bond donors (Lipinski definition) is 0. The summed E-state index contributed by atoms with van der Waals surface area (Å²) in [4.78, 5) is 23.5. The van der Waals surface area contributed by atoms with Crippen LogP contribution in [0.25, 0.3) is 11.5 Å². The maximum atomic E-state index is 12.6. The molecule has 0 bridgehead atoms. The summed E-state index contributed by atoms with van der Waals surface area (Å²) in [6.07, 6.45) is 12.3. The maximum absolute atomic E-state index is 12.6. The average molecular weight is 392 g/mol. The molecule has 0 atom stereocenters. The van der Waals surface area contributed by atoms with Gasteiger partial charge in [0.25, 0.3) is 5.89 Å². The van der Waals surface area contributed by atoms with Crippen LogP contribution >= 0.6 is 0 Å². The first-order chi connectivity index (χ1) is 14.2. The molecule has 1 saturated heterocycles. The smallest absolute Gasteiger partial charge is 0.259 e. The summed E-state index contributed by atoms with van der Waals surface area (Å²) >= 11 is 0. The number of aromatic nitrogens is 5. The van der Waals surface area contributed by atoms with Crippen molar-refractivity contribution in [2.45, 2.75) is 44.1 Å². The molecular weight excluding hydrogens is 368 g/mol. The third kappa shape index (κ3) is 3.79. The fourth-order valence-electron chi connectivity index (χ4n) is 4.26. The van der Waals surface area contributed by atoms with E-state index in [4.69, 9.17) is 9.51 Å². The molecule has 0 radical (unpaired) electrons. The standard InChI is InChI=1S/C21H24N6O2/c28-18(15-27-10-2-9-23-27)26-11-6-21(7-12-26,13-16-4-5-16)20-24-19(29-25-20)17-3-1-8-22-14-17/h1-3,8-10,14,16H,4-7,11-13,15H2. The van der Waals surface area contributed by atoms with Crippen molar-refractivity contribution in [2.75, 3.05) is 13.1 Å². The number of pyridine rings is 1. The zero-order valence-electron chi connectivity index (χ0n) is 16.3. The van der Waals surface area contributed by atoms with Gasteiger partial charge >= 0.3 is 0 Å². The summed E-state index contributed by atoms with van der Waals surface area (Å²) in [5, 5.41) is 8.51. The Kier molecular flexibility index (Phi) is 4.61. The van der Waals surface area contributed by atoms with Gasteiger partial charge in [0.15, 0.2) is 5.82 Å². The number of carbonyl (C=O) groups excluding carboxylic acids is 1. The second kappa shape index (κ2) is 7.42. The predicted octanol–water partition coefficient (Wildman–Crippen LogP) is 2.69. The fourth-order valence-corrected chi connectivity index (χ4v) is 4.26. The van der Waals surface area contributed by atoms with E-state index in [1.165, 1.54) is 12.8 Å². The Morgan fingerprint density at radius 2 is 2.07 bits per heavy atom. The summed E-state index contributed by atoms with van der Waals surface area (Å²) in [5.74, 6) is 2.14. The van der Waals surface area contributed by atoms with Gasteiger partial charge < -0.3 is 9.42 Å². The molecule has 0 unspecified atom stereocenters. The predicted molar refractivity (Wildman–Crippen MR) is 105 cm³/mol. The van der Waals surface area contributed by atoms with Crippen molar-refractivity contribution in [3.05, 3.63) is 48.8 Å². The molecule has 1 saturated carbocycles. The molecule has 2 aliphatic rings. The van der Waals surface area contributed by atoms with Crippen molar-refractivity contribution in [3.63, 3.8) is 0 Å². The lowest BCUT2D eigenvalue weighted by Crippen LogP contribution is -2.47. The van der Waals surface area contributed by atoms with Crippen molar-refractivity contribution in [1.82, 2.24) is 29.8 Å². The number of piperidine rings is 1. The molecule has 1 aliphatic carbocycles. The molecule has 3 aromatic rings. The zero-order chi connectivity index (χ0) is 19.7. The van der Waals surface area contributed by atoms with E-state index in [1.54, 1.807) is 23.3 Å². The van der Waals surface area contributed by atoms with E-state index in [0.29, 0.717) is 19.0 Å². The van der Waals surface area contributed by atoms with Crippen LogP contribution in [0.4, 0.5) is 0 Å². The Hall–Kier alpha value is -3.03. The minimum Gasteiger partial charge on any atom is -0.341 e. The van der Waals surface area contributed by atoms with Gasteiger partial charge in [-0.3, -0.25) is 14.5 Å². The number of likely N-dealkylation sites (tertiary alicyclic amines) is 1. The van der Waals surface area contributed by atoms with E-state index in [0.717, 1.165) is 36.6 Å². The SMILES string of the molecule is O=C(Cn1cccn1)N1CCC(CC2CC2)(c2noc(-c3cccnc3)n2)CC1. The van der Waals surface area contributed by atoms with Crippen LogP contribution in [0.15, 0.2) is 47.5 Å². The number of rotatable bonds is 6. The van der Waals surface area contributed by atoms with Crippen LogP contribution in [-0.4, -0.2) is 48.8 Å². The van der Waals surface area contributed by atoms with Crippen molar-refractivity contribution < 1.29 is 9.32 Å². The third-order valence-corrected chi connectivity index (χ3v) is 6.11. The minimum absolute atomic E-state index is 0.109. The highest BCUT2D eigenvalue weighted by molar-refractivity contribution is 5.76. The summed E-state index contributed by atoms with van der Waals surface area (Å²) in [7, 11) is 0. The topological polar surface area (TPSA) is 89.9 Å². The molecule has 8 nitrogen and oxygen atoms in total. The molecule has 2 fully saturated rings. The Labute approximate surface area is 168 Å². The van der Waals surface area contributed by atoms with Gasteiger partial charge in [0.1, 0.15) is 6.54 Å².